The summed E-state index contributed by atoms with van der Waals surface area (Å²) in [7, 11) is 1.57. The van der Waals surface area contributed by atoms with E-state index in [1.165, 1.54) is 11.3 Å². The first-order valence-electron chi connectivity index (χ1n) is 4.99. The maximum atomic E-state index is 11.9. The summed E-state index contributed by atoms with van der Waals surface area (Å²) in [5, 5.41) is 5.11. The topological polar surface area (TPSA) is 38.3 Å². The predicted molar refractivity (Wildman–Crippen MR) is 78.0 cm³/mol. The number of nitrogens with one attached hydrogen (secondary N) is 1. The van der Waals surface area contributed by atoms with E-state index in [4.69, 9.17) is 16.3 Å². The maximum absolute atomic E-state index is 11.9. The summed E-state index contributed by atoms with van der Waals surface area (Å²) >= 11 is 10.6. The highest BCUT2D eigenvalue weighted by atomic mass is 79.9. The zero-order valence-corrected chi connectivity index (χ0v) is 12.5. The second-order valence-electron chi connectivity index (χ2n) is 3.43. The van der Waals surface area contributed by atoms with E-state index >= 15 is 0 Å². The number of methoxy groups -OCH3 is 1. The van der Waals surface area contributed by atoms with Crippen molar-refractivity contribution in [3.63, 3.8) is 0 Å². The van der Waals surface area contributed by atoms with Gasteiger partial charge in [-0.25, -0.2) is 0 Å². The first-order valence-corrected chi connectivity index (χ1v) is 7.04. The second-order valence-corrected chi connectivity index (χ2v) is 5.61. The van der Waals surface area contributed by atoms with Crippen LogP contribution in [0, 0.1) is 0 Å². The highest BCUT2D eigenvalue weighted by Crippen LogP contribution is 2.27. The number of ether oxygens (including phenoxy) is 1. The lowest BCUT2D eigenvalue weighted by molar-refractivity contribution is 0.103. The van der Waals surface area contributed by atoms with E-state index in [0.29, 0.717) is 21.3 Å². The summed E-state index contributed by atoms with van der Waals surface area (Å²) in [4.78, 5) is 12.5. The van der Waals surface area contributed by atoms with Gasteiger partial charge in [0.25, 0.3) is 5.91 Å². The van der Waals surface area contributed by atoms with Crippen LogP contribution in [0.1, 0.15) is 9.67 Å². The Morgan fingerprint density at radius 2 is 2.22 bits per heavy atom. The Morgan fingerprint density at radius 3 is 2.83 bits per heavy atom. The molecule has 0 aliphatic carbocycles. The highest BCUT2D eigenvalue weighted by Gasteiger charge is 2.10. The number of thiophene rings is 1. The van der Waals surface area contributed by atoms with Crippen LogP contribution in [0.15, 0.2) is 34.1 Å². The molecular formula is C12H9BrClNO2S. The van der Waals surface area contributed by atoms with Crippen molar-refractivity contribution in [2.45, 2.75) is 0 Å². The van der Waals surface area contributed by atoms with E-state index in [2.05, 4.69) is 21.2 Å². The van der Waals surface area contributed by atoms with Crippen LogP contribution < -0.4 is 10.1 Å². The van der Waals surface area contributed by atoms with E-state index in [-0.39, 0.29) is 5.91 Å². The van der Waals surface area contributed by atoms with Gasteiger partial charge in [0.05, 0.1) is 17.0 Å². The molecule has 1 heterocycles. The average molecular weight is 347 g/mol. The van der Waals surface area contributed by atoms with Crippen molar-refractivity contribution in [1.82, 2.24) is 0 Å². The number of amides is 1. The molecule has 0 unspecified atom stereocenters. The molecule has 0 fully saturated rings. The van der Waals surface area contributed by atoms with Crippen molar-refractivity contribution >= 4 is 50.5 Å². The Hall–Kier alpha value is -1.04. The van der Waals surface area contributed by atoms with Gasteiger partial charge >= 0.3 is 0 Å². The molecule has 0 bridgehead atoms. The molecule has 0 radical (unpaired) electrons. The van der Waals surface area contributed by atoms with E-state index in [0.717, 1.165) is 4.47 Å². The molecule has 2 aromatic rings. The van der Waals surface area contributed by atoms with E-state index < -0.39 is 0 Å². The quantitative estimate of drug-likeness (QED) is 0.893. The van der Waals surface area contributed by atoms with Crippen molar-refractivity contribution in [3.05, 3.63) is 44.0 Å². The molecule has 6 heteroatoms. The Balaban J connectivity index is 2.13. The third-order valence-corrected chi connectivity index (χ3v) is 4.35. The molecule has 3 nitrogen and oxygen atoms in total. The van der Waals surface area contributed by atoms with Gasteiger partial charge in [-0.3, -0.25) is 4.79 Å². The monoisotopic (exact) mass is 345 g/mol. The molecule has 18 heavy (non-hydrogen) atoms. The molecular weight excluding hydrogens is 338 g/mol. The number of halogens is 2. The lowest BCUT2D eigenvalue weighted by atomic mass is 10.3. The van der Waals surface area contributed by atoms with Gasteiger partial charge in [0, 0.05) is 21.6 Å². The second kappa shape index (κ2) is 5.73. The van der Waals surface area contributed by atoms with Gasteiger partial charge in [0.1, 0.15) is 5.75 Å². The van der Waals surface area contributed by atoms with Gasteiger partial charge in [0.15, 0.2) is 0 Å². The summed E-state index contributed by atoms with van der Waals surface area (Å²) in [5.74, 6) is 0.501. The van der Waals surface area contributed by atoms with Gasteiger partial charge in [-0.1, -0.05) is 11.6 Å². The number of hydrogen-bond acceptors (Lipinski definition) is 3. The van der Waals surface area contributed by atoms with Crippen molar-refractivity contribution < 1.29 is 9.53 Å². The normalized spacial score (nSPS) is 10.2. The Bertz CT molecular complexity index is 585. The summed E-state index contributed by atoms with van der Waals surface area (Å²) < 4.78 is 5.82. The van der Waals surface area contributed by atoms with Crippen molar-refractivity contribution in [3.8, 4) is 5.75 Å². The van der Waals surface area contributed by atoms with E-state index in [9.17, 15) is 4.79 Å². The Labute approximate surface area is 122 Å². The lowest BCUT2D eigenvalue weighted by Crippen LogP contribution is -2.09. The van der Waals surface area contributed by atoms with E-state index in [1.54, 1.807) is 36.8 Å². The smallest absolute Gasteiger partial charge is 0.265 e. The molecule has 0 aliphatic heterocycles. The van der Waals surface area contributed by atoms with Crippen LogP contribution in [0.5, 0.6) is 5.75 Å². The number of carbonyl (C=O) groups excluding carboxylic acids is 1. The molecule has 94 valence electrons. The molecule has 1 aromatic carbocycles. The average Bonchev–Trinajstić information content (AvgIpc) is 2.82. The third kappa shape index (κ3) is 3.04. The summed E-state index contributed by atoms with van der Waals surface area (Å²) in [6.07, 6.45) is 0. The van der Waals surface area contributed by atoms with Crippen LogP contribution in [0.2, 0.25) is 5.02 Å². The fourth-order valence-corrected chi connectivity index (χ4v) is 2.49. The fourth-order valence-electron chi connectivity index (χ4n) is 1.31. The zero-order valence-electron chi connectivity index (χ0n) is 9.37. The Kier molecular flexibility index (Phi) is 4.27. The molecule has 0 atom stereocenters. The predicted octanol–water partition coefficient (Wildman–Crippen LogP) is 4.42. The Morgan fingerprint density at radius 1 is 1.44 bits per heavy atom. The number of rotatable bonds is 3. The summed E-state index contributed by atoms with van der Waals surface area (Å²) in [6.45, 7) is 0. The SMILES string of the molecule is COc1csc(C(=O)Nc2ccc(Br)c(Cl)c2)c1. The van der Waals surface area contributed by atoms with Crippen molar-refractivity contribution in [1.29, 1.82) is 0 Å². The molecule has 0 spiro atoms. The molecule has 0 saturated carbocycles. The number of benzene rings is 1. The molecule has 1 N–H and O–H groups in total. The minimum absolute atomic E-state index is 0.179. The van der Waals surface area contributed by atoms with Crippen LogP contribution >= 0.6 is 38.9 Å². The van der Waals surface area contributed by atoms with Gasteiger partial charge in [-0.05, 0) is 34.1 Å². The van der Waals surface area contributed by atoms with E-state index in [1.807, 2.05) is 0 Å². The van der Waals surface area contributed by atoms with Crippen molar-refractivity contribution in [2.75, 3.05) is 12.4 Å². The minimum atomic E-state index is -0.179. The first kappa shape index (κ1) is 13.4. The van der Waals surface area contributed by atoms with Gasteiger partial charge in [-0.2, -0.15) is 0 Å². The molecule has 2 rings (SSSR count). The van der Waals surface area contributed by atoms with Crippen LogP contribution in [0.25, 0.3) is 0 Å². The first-order chi connectivity index (χ1) is 8.60. The summed E-state index contributed by atoms with van der Waals surface area (Å²) in [6, 6.07) is 6.94. The van der Waals surface area contributed by atoms with Crippen LogP contribution in [0.4, 0.5) is 5.69 Å². The maximum Gasteiger partial charge on any atom is 0.265 e. The van der Waals surface area contributed by atoms with Gasteiger partial charge in [-0.15, -0.1) is 11.3 Å². The molecule has 1 amide bonds. The highest BCUT2D eigenvalue weighted by molar-refractivity contribution is 9.10. The minimum Gasteiger partial charge on any atom is -0.496 e. The zero-order chi connectivity index (χ0) is 13.1. The fraction of sp³-hybridized carbons (Fsp3) is 0.0833. The van der Waals surface area contributed by atoms with Gasteiger partial charge < -0.3 is 10.1 Å². The number of hydrogen-bond donors (Lipinski definition) is 1. The largest absolute Gasteiger partial charge is 0.496 e. The number of anilines is 1. The van der Waals surface area contributed by atoms with Crippen LogP contribution in [-0.2, 0) is 0 Å². The standard InChI is InChI=1S/C12H9BrClNO2S/c1-17-8-5-11(18-6-8)12(16)15-7-2-3-9(13)10(14)4-7/h2-6H,1H3,(H,15,16). The molecule has 1 aromatic heterocycles. The van der Waals surface area contributed by atoms with Gasteiger partial charge in [0.2, 0.25) is 0 Å². The molecule has 0 aliphatic rings. The van der Waals surface area contributed by atoms with Crippen LogP contribution in [0.3, 0.4) is 0 Å². The van der Waals surface area contributed by atoms with Crippen LogP contribution in [-0.4, -0.2) is 13.0 Å². The number of carbonyl (C=O) groups is 1. The van der Waals surface area contributed by atoms with Crippen molar-refractivity contribution in [2.24, 2.45) is 0 Å². The lowest BCUT2D eigenvalue weighted by Gasteiger charge is -2.04. The molecule has 0 saturated heterocycles. The third-order valence-electron chi connectivity index (χ3n) is 2.21. The summed E-state index contributed by atoms with van der Waals surface area (Å²) in [5.41, 5.74) is 0.653.